The third kappa shape index (κ3) is 8.78. The molecule has 3 heterocycles. The molecule has 366 valence electrons. The molecule has 12 aromatic rings. The largest absolute Gasteiger partial charge is 0.458 e. The van der Waals surface area contributed by atoms with Crippen molar-refractivity contribution in [1.29, 1.82) is 0 Å². The Morgan fingerprint density at radius 3 is 1.93 bits per heavy atom. The van der Waals surface area contributed by atoms with Gasteiger partial charge < -0.3 is 4.74 Å². The first kappa shape index (κ1) is 32.4. The fourth-order valence-corrected chi connectivity index (χ4v) is 9.94. The van der Waals surface area contributed by atoms with E-state index in [1.165, 1.54) is 24.3 Å². The average molecular weight is 989 g/mol. The lowest BCUT2D eigenvalue weighted by molar-refractivity contribution is -0.571. The molecule has 5 heteroatoms. The molecule has 0 aliphatic rings. The van der Waals surface area contributed by atoms with E-state index in [1.54, 1.807) is 57.7 Å². The van der Waals surface area contributed by atoms with E-state index in [0.29, 0.717) is 39.3 Å². The van der Waals surface area contributed by atoms with Gasteiger partial charge in [0, 0.05) is 31.3 Å². The van der Waals surface area contributed by atoms with Gasteiger partial charge in [-0.25, -0.2) is 4.98 Å². The van der Waals surface area contributed by atoms with Crippen LogP contribution >= 0.6 is 0 Å². The van der Waals surface area contributed by atoms with E-state index in [1.807, 2.05) is 87.6 Å². The third-order valence-corrected chi connectivity index (χ3v) is 13.7. The van der Waals surface area contributed by atoms with Gasteiger partial charge in [-0.1, -0.05) is 181 Å². The predicted molar refractivity (Wildman–Crippen MR) is 311 cm³/mol. The molecule has 9 aromatic carbocycles. The zero-order valence-electron chi connectivity index (χ0n) is 58.2. The van der Waals surface area contributed by atoms with E-state index in [0.717, 1.165) is 38.8 Å². The molecule has 0 saturated heterocycles. The first-order valence-electron chi connectivity index (χ1n) is 32.7. The average Bonchev–Trinajstić information content (AvgIpc) is 1.72. The second-order valence-electron chi connectivity index (χ2n) is 20.7. The Morgan fingerprint density at radius 1 is 0.520 bits per heavy atom. The second-order valence-corrected chi connectivity index (χ2v) is 20.7. The molecule has 12 rings (SSSR count). The van der Waals surface area contributed by atoms with Crippen LogP contribution in [0.15, 0.2) is 218 Å². The van der Waals surface area contributed by atoms with Crippen LogP contribution in [0.1, 0.15) is 85.7 Å². The summed E-state index contributed by atoms with van der Waals surface area (Å²) in [6, 6.07) is 38.9. The SMILES string of the molecule is [2H]c1c([2H])c([2H])c(-c2cc(-c3cccc(C(C)(C)C)c3)c(-[n+]3[c-]n(-c4cccc(Oc5ccc6c7ccccc7n(-c7cc(C(C)(C)C)ccn7)c6c5)c4)c4cc(-c5c(C([2H])([2H])[2H])cccc5C([2H])([2H])[2H])ccc43)c(-c3c([2H])c([2H])c([2H])c([2H])c3[2H])c2)c([2H])c1[2H]. The molecule has 0 bridgehead atoms. The first-order valence-corrected chi connectivity index (χ1v) is 24.7. The van der Waals surface area contributed by atoms with E-state index in [-0.39, 0.29) is 55.6 Å². The Morgan fingerprint density at radius 2 is 1.19 bits per heavy atom. The predicted octanol–water partition coefficient (Wildman–Crippen LogP) is 17.9. The van der Waals surface area contributed by atoms with Gasteiger partial charge in [0.1, 0.15) is 17.3 Å². The van der Waals surface area contributed by atoms with Crippen molar-refractivity contribution in [1.82, 2.24) is 14.1 Å². The van der Waals surface area contributed by atoms with E-state index < -0.39 is 79.5 Å². The summed E-state index contributed by atoms with van der Waals surface area (Å²) in [5.41, 5.74) is 4.70. The molecule has 0 aliphatic carbocycles. The lowest BCUT2D eigenvalue weighted by atomic mass is 9.84. The number of pyridine rings is 1. The maximum atomic E-state index is 9.55. The fraction of sp³-hybridized carbons (Fsp3) is 0.143. The number of hydrogen-bond acceptors (Lipinski definition) is 2. The van der Waals surface area contributed by atoms with Crippen molar-refractivity contribution in [3.63, 3.8) is 0 Å². The molecule has 0 amide bonds. The Bertz CT molecular complexity index is 4900. The zero-order chi connectivity index (χ0) is 65.3. The topological polar surface area (TPSA) is 35.9 Å². The maximum Gasteiger partial charge on any atom is 0.269 e. The minimum atomic E-state index is -2.77. The van der Waals surface area contributed by atoms with Crippen LogP contribution < -0.4 is 9.30 Å². The van der Waals surface area contributed by atoms with Crippen LogP contribution in [0.5, 0.6) is 11.5 Å². The molecule has 0 N–H and O–H groups in total. The van der Waals surface area contributed by atoms with E-state index >= 15 is 0 Å². The van der Waals surface area contributed by atoms with Gasteiger partial charge in [-0.2, -0.15) is 0 Å². The molecule has 75 heavy (non-hydrogen) atoms. The molecule has 5 nitrogen and oxygen atoms in total. The van der Waals surface area contributed by atoms with Gasteiger partial charge in [0.05, 0.1) is 47.1 Å². The van der Waals surface area contributed by atoms with Gasteiger partial charge >= 0.3 is 0 Å². The summed E-state index contributed by atoms with van der Waals surface area (Å²) in [5.74, 6) is 1.60. The maximum absolute atomic E-state index is 9.55. The number of rotatable bonds is 9. The lowest BCUT2D eigenvalue weighted by Gasteiger charge is -2.23. The summed E-state index contributed by atoms with van der Waals surface area (Å²) in [4.78, 5) is 4.85. The number of hydrogen-bond donors (Lipinski definition) is 0. The van der Waals surface area contributed by atoms with Crippen molar-refractivity contribution in [2.24, 2.45) is 0 Å². The normalized spacial score (nSPS) is 15.4. The molecule has 3 aromatic heterocycles. The number of imidazole rings is 1. The minimum Gasteiger partial charge on any atom is -0.458 e. The van der Waals surface area contributed by atoms with Crippen LogP contribution in [0.4, 0.5) is 0 Å². The summed E-state index contributed by atoms with van der Waals surface area (Å²) >= 11 is 0. The molecule has 0 spiro atoms. The van der Waals surface area contributed by atoms with Gasteiger partial charge in [0.25, 0.3) is 6.33 Å². The van der Waals surface area contributed by atoms with Crippen molar-refractivity contribution >= 4 is 32.8 Å². The quantitative estimate of drug-likeness (QED) is 0.107. The smallest absolute Gasteiger partial charge is 0.269 e. The van der Waals surface area contributed by atoms with Gasteiger partial charge in [-0.05, 0) is 158 Å². The van der Waals surface area contributed by atoms with Gasteiger partial charge in [0.15, 0.2) is 0 Å². The zero-order valence-corrected chi connectivity index (χ0v) is 42.2. The number of para-hydroxylation sites is 1. The second kappa shape index (κ2) is 18.6. The fourth-order valence-electron chi connectivity index (χ4n) is 9.94. The summed E-state index contributed by atoms with van der Waals surface area (Å²) in [5, 5.41) is 2.00. The molecule has 0 aliphatic heterocycles. The van der Waals surface area contributed by atoms with Crippen LogP contribution in [0, 0.1) is 20.0 Å². The monoisotopic (exact) mass is 989 g/mol. The first-order chi connectivity index (χ1) is 42.8. The van der Waals surface area contributed by atoms with E-state index in [9.17, 15) is 5.48 Å². The van der Waals surface area contributed by atoms with E-state index in [2.05, 4.69) is 49.9 Å². The summed E-state index contributed by atoms with van der Waals surface area (Å²) in [6.45, 7) is 7.01. The van der Waals surface area contributed by atoms with Crippen molar-refractivity contribution in [2.45, 2.75) is 66.1 Å². The molecule has 0 unspecified atom stereocenters. The summed E-state index contributed by atoms with van der Waals surface area (Å²) < 4.78 is 155. The molecule has 0 radical (unpaired) electrons. The number of ether oxygens (including phenoxy) is 1. The van der Waals surface area contributed by atoms with Gasteiger partial charge in [-0.15, -0.1) is 0 Å². The Balaban J connectivity index is 1.17. The highest BCUT2D eigenvalue weighted by Gasteiger charge is 2.25. The lowest BCUT2D eigenvalue weighted by Crippen LogP contribution is -2.31. The molecule has 0 saturated carbocycles. The highest BCUT2D eigenvalue weighted by atomic mass is 16.5. The number of fused-ring (bicyclic) bond motifs is 4. The molecule has 0 fully saturated rings. The Labute approximate surface area is 463 Å². The molecular formula is C70H60N4O. The van der Waals surface area contributed by atoms with Crippen molar-refractivity contribution in [3.8, 4) is 73.2 Å². The Hall–Kier alpha value is -8.80. The minimum absolute atomic E-state index is 0.00972. The highest BCUT2D eigenvalue weighted by molar-refractivity contribution is 6.09. The molecular weight excluding hydrogens is 913 g/mol. The number of nitrogens with zero attached hydrogens (tertiary/aromatic N) is 4. The van der Waals surface area contributed by atoms with Crippen LogP contribution in [-0.2, 0) is 10.8 Å². The van der Waals surface area contributed by atoms with E-state index in [4.69, 9.17) is 26.2 Å². The van der Waals surface area contributed by atoms with Crippen LogP contribution in [-0.4, -0.2) is 14.1 Å². The van der Waals surface area contributed by atoms with Crippen molar-refractivity contribution in [3.05, 3.63) is 247 Å². The summed E-state index contributed by atoms with van der Waals surface area (Å²) in [7, 11) is 0. The molecule has 0 atom stereocenters. The van der Waals surface area contributed by atoms with Crippen LogP contribution in [0.25, 0.3) is 94.5 Å². The highest BCUT2D eigenvalue weighted by Crippen LogP contribution is 2.42. The Kier molecular flexibility index (Phi) is 8.03. The summed E-state index contributed by atoms with van der Waals surface area (Å²) in [6.07, 6.45) is 5.36. The third-order valence-electron chi connectivity index (χ3n) is 13.7. The standard InChI is InChI=1S/C70H60N4O/c1-46-20-17-21-47(2)67(46)51-32-35-63-65(41-51)72(45-73(63)68-60(49-24-13-10-14-25-49)39-52(48-22-11-9-12-23-48)40-61(68)50-26-18-27-53(38-50)69(3,4)5)55-28-19-29-56(43-55)75-57-33-34-59-58-30-15-16-31-62(58)74(64(59)44-57)66-42-54(36-37-71-66)70(6,7)8/h9-44H,1-8H3/i1D3,2D3,9D,10D,11D,12D,13D,14D,22D,23D,24D,25D. The van der Waals surface area contributed by atoms with Gasteiger partial charge in [-0.3, -0.25) is 13.7 Å². The van der Waals surface area contributed by atoms with Crippen molar-refractivity contribution in [2.75, 3.05) is 0 Å². The van der Waals surface area contributed by atoms with Crippen LogP contribution in [0.2, 0.25) is 0 Å². The van der Waals surface area contributed by atoms with Gasteiger partial charge in [0.2, 0.25) is 0 Å². The number of benzene rings is 9. The van der Waals surface area contributed by atoms with Crippen LogP contribution in [0.3, 0.4) is 0 Å². The number of aromatic nitrogens is 4. The number of aryl methyl sites for hydroxylation is 2. The van der Waals surface area contributed by atoms with Crippen molar-refractivity contribution < 1.29 is 31.2 Å².